The maximum Gasteiger partial charge on any atom is 0.419 e. The van der Waals surface area contributed by atoms with Crippen LogP contribution < -0.4 is 0 Å². The number of carboxylic acids is 1. The number of hydrogen-bond acceptors (Lipinski definition) is 3. The molecule has 0 atom stereocenters. The van der Waals surface area contributed by atoms with Crippen LogP contribution in [0, 0.1) is 5.82 Å². The molecule has 3 aromatic rings. The van der Waals surface area contributed by atoms with Crippen LogP contribution in [0.15, 0.2) is 42.5 Å². The van der Waals surface area contributed by atoms with E-state index in [1.807, 2.05) is 18.2 Å². The molecule has 1 heterocycles. The van der Waals surface area contributed by atoms with Gasteiger partial charge in [-0.3, -0.25) is 0 Å². The van der Waals surface area contributed by atoms with Crippen molar-refractivity contribution in [1.29, 1.82) is 0 Å². The summed E-state index contributed by atoms with van der Waals surface area (Å²) in [5, 5.41) is 9.43. The number of rotatable bonds is 1. The fraction of sp³-hybridized carbons (Fsp3) is 0.0667. The number of carboxylic acid groups (broad SMARTS) is 1. The third kappa shape index (κ3) is 3.99. The highest BCUT2D eigenvalue weighted by Crippen LogP contribution is 2.33. The second-order valence-electron chi connectivity index (χ2n) is 4.52. The number of nitrogens with zero attached hydrogens (tertiary/aromatic N) is 1. The quantitative estimate of drug-likeness (QED) is 0.583. The number of carbonyl (C=O) groups is 1. The topological polar surface area (TPSA) is 74.0 Å². The fourth-order valence-corrected chi connectivity index (χ4v) is 2.55. The fourth-order valence-electron chi connectivity index (χ4n) is 1.78. The number of hydrogen-bond donors (Lipinski definition) is 1. The molecular formula is C15H9F4N2O2S-. The molecule has 0 saturated carbocycles. The average Bonchev–Trinajstić information content (AvgIpc) is 2.93. The lowest BCUT2D eigenvalue weighted by Gasteiger charge is -2.10. The van der Waals surface area contributed by atoms with Gasteiger partial charge in [-0.25, -0.2) is 9.18 Å². The smallest absolute Gasteiger partial charge is 0.419 e. The maximum atomic E-state index is 12.5. The van der Waals surface area contributed by atoms with E-state index in [0.29, 0.717) is 12.1 Å². The maximum absolute atomic E-state index is 12.5. The van der Waals surface area contributed by atoms with Gasteiger partial charge in [-0.1, -0.05) is 30.3 Å². The zero-order chi connectivity index (χ0) is 17.9. The zero-order valence-corrected chi connectivity index (χ0v) is 12.6. The first-order valence-corrected chi connectivity index (χ1v) is 7.13. The Bertz CT molecular complexity index is 877. The third-order valence-electron chi connectivity index (χ3n) is 2.85. The van der Waals surface area contributed by atoms with Crippen molar-refractivity contribution in [2.24, 2.45) is 0 Å². The van der Waals surface area contributed by atoms with E-state index in [1.165, 1.54) is 11.5 Å². The number of benzene rings is 2. The van der Waals surface area contributed by atoms with E-state index in [-0.39, 0.29) is 11.4 Å². The largest absolute Gasteiger partial charge is 0.699 e. The number of fused-ring (bicyclic) bond motifs is 1. The molecule has 9 heteroatoms. The van der Waals surface area contributed by atoms with Crippen molar-refractivity contribution in [1.82, 2.24) is 4.37 Å². The van der Waals surface area contributed by atoms with Crippen molar-refractivity contribution in [3.8, 4) is 0 Å². The molecule has 0 fully saturated rings. The summed E-state index contributed by atoms with van der Waals surface area (Å²) in [5.41, 5.74) is 5.24. The van der Waals surface area contributed by atoms with Crippen molar-refractivity contribution in [2.75, 3.05) is 0 Å². The molecule has 0 bridgehead atoms. The number of halogens is 4. The van der Waals surface area contributed by atoms with Crippen LogP contribution in [0.1, 0.15) is 16.1 Å². The lowest BCUT2D eigenvalue weighted by atomic mass is 10.2. The van der Waals surface area contributed by atoms with Crippen molar-refractivity contribution >= 4 is 33.3 Å². The molecule has 0 spiro atoms. The van der Waals surface area contributed by atoms with Crippen LogP contribution in [0.3, 0.4) is 0 Å². The van der Waals surface area contributed by atoms with E-state index in [1.54, 1.807) is 6.07 Å². The van der Waals surface area contributed by atoms with Crippen LogP contribution >= 0.6 is 11.5 Å². The van der Waals surface area contributed by atoms with Crippen LogP contribution in [0.25, 0.3) is 15.8 Å². The van der Waals surface area contributed by atoms with Crippen LogP contribution in [-0.4, -0.2) is 15.4 Å². The van der Waals surface area contributed by atoms with Gasteiger partial charge < -0.3 is 10.8 Å². The Labute approximate surface area is 137 Å². The third-order valence-corrected chi connectivity index (χ3v) is 3.68. The van der Waals surface area contributed by atoms with E-state index in [9.17, 15) is 22.4 Å². The van der Waals surface area contributed by atoms with Gasteiger partial charge in [0.1, 0.15) is 5.82 Å². The van der Waals surface area contributed by atoms with Crippen molar-refractivity contribution < 1.29 is 27.5 Å². The van der Waals surface area contributed by atoms with Gasteiger partial charge in [-0.05, 0) is 23.7 Å². The summed E-state index contributed by atoms with van der Waals surface area (Å²) in [6.07, 6.45) is -4.72. The molecule has 0 radical (unpaired) electrons. The number of aromatic carboxylic acids is 1. The van der Waals surface area contributed by atoms with Gasteiger partial charge in [-0.15, -0.1) is 5.69 Å². The predicted octanol–water partition coefficient (Wildman–Crippen LogP) is 5.52. The Kier molecular flexibility index (Phi) is 5.03. The molecule has 2 N–H and O–H groups in total. The van der Waals surface area contributed by atoms with E-state index in [2.05, 4.69) is 4.37 Å². The average molecular weight is 357 g/mol. The molecular weight excluding hydrogens is 348 g/mol. The van der Waals surface area contributed by atoms with Crippen molar-refractivity contribution in [3.05, 3.63) is 65.3 Å². The molecule has 0 aliphatic heterocycles. The molecule has 0 saturated heterocycles. The molecule has 4 nitrogen and oxygen atoms in total. The molecule has 2 aromatic carbocycles. The Morgan fingerprint density at radius 3 is 2.42 bits per heavy atom. The van der Waals surface area contributed by atoms with Crippen molar-refractivity contribution in [2.45, 2.75) is 6.18 Å². The SMILES string of the molecule is O=C(O)c1nsc2ccccc12.[NH-]c1ccc(F)c(C(F)(F)F)c1. The standard InChI is InChI=1S/C8H5NO2S.C7H4F4N/c10-8(11)7-5-3-1-2-4-6(5)12-9-7;8-6-2-1-4(12)3-5(6)7(9,10)11/h1-4H,(H,10,11);1-3,12H/q;-1. The molecule has 126 valence electrons. The number of nitrogens with one attached hydrogen (secondary N) is 1. The lowest BCUT2D eigenvalue weighted by molar-refractivity contribution is -0.139. The summed E-state index contributed by atoms with van der Waals surface area (Å²) in [6, 6.07) is 9.35. The number of aromatic nitrogens is 1. The second kappa shape index (κ2) is 6.83. The van der Waals surface area contributed by atoms with Gasteiger partial charge in [-0.2, -0.15) is 17.5 Å². The first-order chi connectivity index (χ1) is 11.2. The normalized spacial score (nSPS) is 11.0. The van der Waals surface area contributed by atoms with Gasteiger partial charge in [0.25, 0.3) is 0 Å². The minimum Gasteiger partial charge on any atom is -0.699 e. The summed E-state index contributed by atoms with van der Waals surface area (Å²) >= 11 is 1.21. The molecule has 0 aliphatic rings. The van der Waals surface area contributed by atoms with E-state index < -0.39 is 23.5 Å². The highest BCUT2D eigenvalue weighted by Gasteiger charge is 2.33. The zero-order valence-electron chi connectivity index (χ0n) is 11.8. The molecule has 0 unspecified atom stereocenters. The Morgan fingerprint density at radius 1 is 1.17 bits per heavy atom. The van der Waals surface area contributed by atoms with Gasteiger partial charge >= 0.3 is 12.1 Å². The van der Waals surface area contributed by atoms with E-state index in [4.69, 9.17) is 10.8 Å². The van der Waals surface area contributed by atoms with Gasteiger partial charge in [0.15, 0.2) is 5.69 Å². The van der Waals surface area contributed by atoms with E-state index >= 15 is 0 Å². The van der Waals surface area contributed by atoms with Gasteiger partial charge in [0.2, 0.25) is 0 Å². The Hall–Kier alpha value is -2.68. The van der Waals surface area contributed by atoms with Gasteiger partial charge in [0.05, 0.1) is 10.3 Å². The molecule has 3 rings (SSSR count). The first kappa shape index (κ1) is 17.7. The predicted molar refractivity (Wildman–Crippen MR) is 82.0 cm³/mol. The number of alkyl halides is 3. The summed E-state index contributed by atoms with van der Waals surface area (Å²) in [5.74, 6) is -2.31. The van der Waals surface area contributed by atoms with Crippen LogP contribution in [0.2, 0.25) is 0 Å². The highest BCUT2D eigenvalue weighted by molar-refractivity contribution is 7.13. The van der Waals surface area contributed by atoms with Crippen LogP contribution in [0.4, 0.5) is 23.2 Å². The highest BCUT2D eigenvalue weighted by atomic mass is 32.1. The molecule has 0 amide bonds. The van der Waals surface area contributed by atoms with Crippen molar-refractivity contribution in [3.63, 3.8) is 0 Å². The second-order valence-corrected chi connectivity index (χ2v) is 5.33. The molecule has 0 aliphatic carbocycles. The lowest BCUT2D eigenvalue weighted by Crippen LogP contribution is -2.07. The summed E-state index contributed by atoms with van der Waals surface area (Å²) in [6.45, 7) is 0. The Balaban J connectivity index is 0.000000174. The summed E-state index contributed by atoms with van der Waals surface area (Å²) in [4.78, 5) is 10.6. The first-order valence-electron chi connectivity index (χ1n) is 6.36. The molecule has 1 aromatic heterocycles. The van der Waals surface area contributed by atoms with E-state index in [0.717, 1.165) is 16.2 Å². The minimum absolute atomic E-state index is 0.149. The van der Waals surface area contributed by atoms with Crippen LogP contribution in [0.5, 0.6) is 0 Å². The van der Waals surface area contributed by atoms with Gasteiger partial charge in [0, 0.05) is 5.39 Å². The van der Waals surface area contributed by atoms with Crippen LogP contribution in [-0.2, 0) is 6.18 Å². The summed E-state index contributed by atoms with van der Waals surface area (Å²) in [7, 11) is 0. The Morgan fingerprint density at radius 2 is 1.83 bits per heavy atom. The summed E-state index contributed by atoms with van der Waals surface area (Å²) < 4.78 is 52.9. The minimum atomic E-state index is -4.72. The molecule has 24 heavy (non-hydrogen) atoms. The monoisotopic (exact) mass is 357 g/mol.